The number of urea groups is 1. The van der Waals surface area contributed by atoms with Gasteiger partial charge in [0.2, 0.25) is 6.79 Å². The van der Waals surface area contributed by atoms with Crippen LogP contribution in [-0.4, -0.2) is 36.6 Å². The van der Waals surface area contributed by atoms with Crippen molar-refractivity contribution in [3.63, 3.8) is 0 Å². The number of amides is 2. The van der Waals surface area contributed by atoms with E-state index in [0.717, 1.165) is 28.9 Å². The van der Waals surface area contributed by atoms with E-state index >= 15 is 0 Å². The molecule has 0 aliphatic carbocycles. The highest BCUT2D eigenvalue weighted by Crippen LogP contribution is 2.39. The molecule has 3 aliphatic heterocycles. The van der Waals surface area contributed by atoms with Crippen molar-refractivity contribution in [1.29, 1.82) is 0 Å². The molecule has 2 amide bonds. The zero-order valence-electron chi connectivity index (χ0n) is 20.7. The Bertz CT molecular complexity index is 1440. The van der Waals surface area contributed by atoms with Crippen LogP contribution in [0.3, 0.4) is 0 Å². The van der Waals surface area contributed by atoms with Crippen molar-refractivity contribution in [2.45, 2.75) is 32.5 Å². The number of hydrogen-bond donors (Lipinski definition) is 2. The molecule has 0 bridgehead atoms. The maximum atomic E-state index is 13.3. The quantitative estimate of drug-likeness (QED) is 0.452. The molecule has 0 unspecified atom stereocenters. The Morgan fingerprint density at radius 1 is 1.00 bits per heavy atom. The average molecular weight is 522 g/mol. The normalized spacial score (nSPS) is 16.8. The summed E-state index contributed by atoms with van der Waals surface area (Å²) in [6.07, 6.45) is 0.749. The van der Waals surface area contributed by atoms with E-state index in [-0.39, 0.29) is 30.7 Å². The number of carbonyl (C=O) groups is 1. The molecule has 3 aliphatic rings. The van der Waals surface area contributed by atoms with Gasteiger partial charge < -0.3 is 24.3 Å². The number of carbonyl (C=O) groups excluding carboxylic acids is 1. The third kappa shape index (κ3) is 4.65. The summed E-state index contributed by atoms with van der Waals surface area (Å²) in [6, 6.07) is 17.1. The molecule has 0 radical (unpaired) electrons. The van der Waals surface area contributed by atoms with Gasteiger partial charge in [-0.2, -0.15) is 8.78 Å². The number of hydrazine groups is 1. The van der Waals surface area contributed by atoms with Crippen molar-refractivity contribution in [1.82, 2.24) is 10.4 Å². The summed E-state index contributed by atoms with van der Waals surface area (Å²) in [6.45, 7) is 1.53. The van der Waals surface area contributed by atoms with Crippen molar-refractivity contribution >= 4 is 23.0 Å². The van der Waals surface area contributed by atoms with Crippen LogP contribution in [0.1, 0.15) is 30.5 Å². The number of rotatable bonds is 5. The Morgan fingerprint density at radius 2 is 1.74 bits per heavy atom. The molecule has 3 heterocycles. The minimum absolute atomic E-state index is 0.0466. The van der Waals surface area contributed by atoms with Crippen LogP contribution in [0.25, 0.3) is 11.3 Å². The van der Waals surface area contributed by atoms with Crippen LogP contribution in [0.4, 0.5) is 19.3 Å². The average Bonchev–Trinajstić information content (AvgIpc) is 3.59. The summed E-state index contributed by atoms with van der Waals surface area (Å²) in [4.78, 5) is 13.3. The third-order valence-electron chi connectivity index (χ3n) is 6.51. The molecule has 0 saturated heterocycles. The van der Waals surface area contributed by atoms with E-state index in [2.05, 4.69) is 15.5 Å². The van der Waals surface area contributed by atoms with Gasteiger partial charge in [-0.25, -0.2) is 9.80 Å². The zero-order valence-corrected chi connectivity index (χ0v) is 20.7. The third-order valence-corrected chi connectivity index (χ3v) is 6.51. The predicted octanol–water partition coefficient (Wildman–Crippen LogP) is 5.65. The summed E-state index contributed by atoms with van der Waals surface area (Å²) >= 11 is 0. The fraction of sp³-hybridized carbons (Fsp3) is 0.250. The fourth-order valence-corrected chi connectivity index (χ4v) is 4.84. The van der Waals surface area contributed by atoms with Crippen molar-refractivity contribution in [3.05, 3.63) is 77.4 Å². The largest absolute Gasteiger partial charge is 0.487 e. The Labute approximate surface area is 217 Å². The number of hydrogen-bond acceptors (Lipinski definition) is 6. The van der Waals surface area contributed by atoms with Gasteiger partial charge in [0.1, 0.15) is 17.1 Å². The Balaban J connectivity index is 1.26. The molecule has 6 rings (SSSR count). The van der Waals surface area contributed by atoms with Gasteiger partial charge >= 0.3 is 12.6 Å². The topological polar surface area (TPSA) is 81.3 Å². The molecule has 196 valence electrons. The number of ether oxygens (including phenoxy) is 4. The van der Waals surface area contributed by atoms with Crippen molar-refractivity contribution < 1.29 is 32.5 Å². The van der Waals surface area contributed by atoms with Gasteiger partial charge in [-0.05, 0) is 74.0 Å². The van der Waals surface area contributed by atoms with Crippen molar-refractivity contribution in [3.8, 4) is 23.0 Å². The van der Waals surface area contributed by atoms with Gasteiger partial charge in [0, 0.05) is 28.8 Å². The van der Waals surface area contributed by atoms with Crippen molar-refractivity contribution in [2.75, 3.05) is 18.7 Å². The summed E-state index contributed by atoms with van der Waals surface area (Å²) < 4.78 is 46.6. The molecule has 3 aromatic rings. The Morgan fingerprint density at radius 3 is 2.53 bits per heavy atom. The number of nitrogens with zero attached hydrogens (tertiary/aromatic N) is 1. The van der Waals surface area contributed by atoms with E-state index in [1.165, 1.54) is 17.1 Å². The molecular formula is C28H25F2N3O5. The van der Waals surface area contributed by atoms with Gasteiger partial charge in [-0.15, -0.1) is 0 Å². The monoisotopic (exact) mass is 521 g/mol. The summed E-state index contributed by atoms with van der Waals surface area (Å²) in [5, 5.41) is 4.42. The summed E-state index contributed by atoms with van der Waals surface area (Å²) in [5.41, 5.74) is 7.61. The Hall–Kier alpha value is -4.47. The number of benzene rings is 3. The van der Waals surface area contributed by atoms with Gasteiger partial charge in [-0.3, -0.25) is 5.43 Å². The lowest BCUT2D eigenvalue weighted by molar-refractivity contribution is -0.0498. The maximum absolute atomic E-state index is 13.3. The zero-order chi connectivity index (χ0) is 26.4. The number of nitrogens with one attached hydrogen (secondary N) is 2. The Kier molecular flexibility index (Phi) is 5.74. The summed E-state index contributed by atoms with van der Waals surface area (Å²) in [5.74, 6) is 2.13. The molecule has 38 heavy (non-hydrogen) atoms. The van der Waals surface area contributed by atoms with Crippen LogP contribution in [0, 0.1) is 0 Å². The van der Waals surface area contributed by atoms with Crippen LogP contribution in [0.5, 0.6) is 23.0 Å². The molecule has 0 aromatic heterocycles. The smallest absolute Gasteiger partial charge is 0.387 e. The number of anilines is 1. The second kappa shape index (κ2) is 9.13. The van der Waals surface area contributed by atoms with E-state index in [9.17, 15) is 13.6 Å². The van der Waals surface area contributed by atoms with E-state index in [0.29, 0.717) is 28.4 Å². The maximum Gasteiger partial charge on any atom is 0.387 e. The highest BCUT2D eigenvalue weighted by molar-refractivity contribution is 5.98. The molecule has 10 heteroatoms. The summed E-state index contributed by atoms with van der Waals surface area (Å²) in [7, 11) is 0. The standard InChI is InChI=1S/C28H25F2N3O5/c1-28(2)13-18-11-19(6-10-22(18)38-28)31-27(34)33-14-21(17-5-9-23-24(12-17)36-15-35-23)25(32-33)16-3-7-20(8-4-16)37-26(29)30/h3-12,26,32H,13-15H2,1-2H3,(H,31,34). The minimum Gasteiger partial charge on any atom is -0.487 e. The van der Waals surface area contributed by atoms with Crippen LogP contribution < -0.4 is 29.7 Å². The molecule has 2 N–H and O–H groups in total. The van der Waals surface area contributed by atoms with Crippen LogP contribution in [0.2, 0.25) is 0 Å². The number of halogens is 2. The van der Waals surface area contributed by atoms with Crippen LogP contribution in [0.15, 0.2) is 60.7 Å². The highest BCUT2D eigenvalue weighted by atomic mass is 19.3. The molecule has 3 aromatic carbocycles. The van der Waals surface area contributed by atoms with Gasteiger partial charge in [0.15, 0.2) is 11.5 Å². The van der Waals surface area contributed by atoms with E-state index < -0.39 is 6.61 Å². The van der Waals surface area contributed by atoms with Gasteiger partial charge in [0.05, 0.1) is 12.2 Å². The van der Waals surface area contributed by atoms with E-state index in [4.69, 9.17) is 14.2 Å². The minimum atomic E-state index is -2.91. The second-order valence-corrected chi connectivity index (χ2v) is 9.81. The first-order valence-electron chi connectivity index (χ1n) is 12.1. The lowest BCUT2D eigenvalue weighted by atomic mass is 10.00. The molecule has 8 nitrogen and oxygen atoms in total. The van der Waals surface area contributed by atoms with E-state index in [1.807, 2.05) is 50.2 Å². The molecule has 0 spiro atoms. The highest BCUT2D eigenvalue weighted by Gasteiger charge is 2.31. The number of fused-ring (bicyclic) bond motifs is 2. The molecule has 0 atom stereocenters. The fourth-order valence-electron chi connectivity index (χ4n) is 4.84. The first kappa shape index (κ1) is 23.9. The lowest BCUT2D eigenvalue weighted by Crippen LogP contribution is -2.40. The SMILES string of the molecule is CC1(C)Cc2cc(NC(=O)N3CC(c4ccc5c(c4)OCO5)=C(c4ccc(OC(F)F)cc4)N3)ccc2O1. The van der Waals surface area contributed by atoms with Crippen molar-refractivity contribution in [2.24, 2.45) is 0 Å². The first-order valence-corrected chi connectivity index (χ1v) is 12.1. The van der Waals surface area contributed by atoms with Gasteiger partial charge in [-0.1, -0.05) is 6.07 Å². The first-order chi connectivity index (χ1) is 18.2. The lowest BCUT2D eigenvalue weighted by Gasteiger charge is -2.19. The van der Waals surface area contributed by atoms with E-state index in [1.54, 1.807) is 12.1 Å². The second-order valence-electron chi connectivity index (χ2n) is 9.81. The molecule has 0 saturated carbocycles. The van der Waals surface area contributed by atoms with Crippen LogP contribution >= 0.6 is 0 Å². The molecule has 0 fully saturated rings. The predicted molar refractivity (Wildman–Crippen MR) is 136 cm³/mol. The van der Waals surface area contributed by atoms with Crippen LogP contribution in [-0.2, 0) is 6.42 Å². The number of alkyl halides is 2. The molecular weight excluding hydrogens is 496 g/mol. The van der Waals surface area contributed by atoms with Gasteiger partial charge in [0.25, 0.3) is 0 Å².